The highest BCUT2D eigenvalue weighted by molar-refractivity contribution is 8.00. The summed E-state index contributed by atoms with van der Waals surface area (Å²) in [5, 5.41) is 14.5. The predicted octanol–water partition coefficient (Wildman–Crippen LogP) is 3.80. The van der Waals surface area contributed by atoms with Gasteiger partial charge in [0.1, 0.15) is 12.1 Å². The number of carbonyl (C=O) groups excluding carboxylic acids is 3. The molecule has 4 amide bonds. The first-order valence-electron chi connectivity index (χ1n) is 8.56. The van der Waals surface area contributed by atoms with Crippen molar-refractivity contribution < 1.29 is 14.4 Å². The Balaban J connectivity index is 1.57. The number of hydrogen-bond acceptors (Lipinski definition) is 7. The van der Waals surface area contributed by atoms with Gasteiger partial charge in [0.15, 0.2) is 4.34 Å². The van der Waals surface area contributed by atoms with Crippen LogP contribution < -0.4 is 10.6 Å². The van der Waals surface area contributed by atoms with Gasteiger partial charge in [-0.2, -0.15) is 0 Å². The maximum Gasteiger partial charge on any atom is 0.325 e. The van der Waals surface area contributed by atoms with E-state index in [4.69, 9.17) is 23.2 Å². The molecule has 0 unspecified atom stereocenters. The molecule has 1 aromatic heterocycles. The van der Waals surface area contributed by atoms with E-state index in [1.807, 2.05) is 0 Å². The van der Waals surface area contributed by atoms with Crippen molar-refractivity contribution in [1.29, 1.82) is 0 Å². The molecule has 2 aromatic rings. The number of nitrogens with one attached hydrogen (secondary N) is 2. The minimum Gasteiger partial charge on any atom is -0.323 e. The Hall–Kier alpha value is -1.88. The van der Waals surface area contributed by atoms with Gasteiger partial charge >= 0.3 is 6.03 Å². The average molecular weight is 474 g/mol. The molecule has 2 N–H and O–H groups in total. The normalized spacial score (nSPS) is 18.8. The monoisotopic (exact) mass is 473 g/mol. The van der Waals surface area contributed by atoms with Gasteiger partial charge in [0.2, 0.25) is 11.0 Å². The predicted molar refractivity (Wildman–Crippen MR) is 114 cm³/mol. The van der Waals surface area contributed by atoms with Crippen molar-refractivity contribution in [3.05, 3.63) is 33.8 Å². The van der Waals surface area contributed by atoms with Crippen LogP contribution in [0.3, 0.4) is 0 Å². The Bertz CT molecular complexity index is 950. The summed E-state index contributed by atoms with van der Waals surface area (Å²) < 4.78 is 0.616. The van der Waals surface area contributed by atoms with Crippen LogP contribution >= 0.6 is 46.3 Å². The second kappa shape index (κ2) is 8.86. The van der Waals surface area contributed by atoms with Crippen molar-refractivity contribution in [2.45, 2.75) is 35.9 Å². The Labute approximate surface area is 185 Å². The number of urea groups is 1. The molecule has 0 radical (unpaired) electrons. The lowest BCUT2D eigenvalue weighted by molar-refractivity contribution is -0.133. The third kappa shape index (κ3) is 4.82. The van der Waals surface area contributed by atoms with E-state index in [0.717, 1.165) is 10.5 Å². The van der Waals surface area contributed by atoms with E-state index in [2.05, 4.69) is 20.8 Å². The number of thioether (sulfide) groups is 1. The van der Waals surface area contributed by atoms with Crippen molar-refractivity contribution in [1.82, 2.24) is 20.4 Å². The van der Waals surface area contributed by atoms with Crippen LogP contribution in [0.2, 0.25) is 10.0 Å². The Kier molecular flexibility index (Phi) is 6.67. The molecular formula is C17H17Cl2N5O3S2. The molecule has 1 aliphatic heterocycles. The third-order valence-electron chi connectivity index (χ3n) is 4.41. The van der Waals surface area contributed by atoms with Gasteiger partial charge in [0, 0.05) is 15.8 Å². The van der Waals surface area contributed by atoms with E-state index in [1.54, 1.807) is 32.0 Å². The molecule has 0 aliphatic carbocycles. The molecule has 3 rings (SSSR count). The van der Waals surface area contributed by atoms with E-state index in [9.17, 15) is 14.4 Å². The lowest BCUT2D eigenvalue weighted by Crippen LogP contribution is -2.44. The molecule has 1 aliphatic rings. The van der Waals surface area contributed by atoms with Crippen molar-refractivity contribution in [3.8, 4) is 0 Å². The van der Waals surface area contributed by atoms with Gasteiger partial charge in [-0.3, -0.25) is 19.8 Å². The zero-order chi connectivity index (χ0) is 21.2. The SMILES string of the molecule is CC[C@]1(C)NC(=O)N(CC(=O)Nc2nnc(SCc3c(Cl)cccc3Cl)s2)C1=O. The van der Waals surface area contributed by atoms with Gasteiger partial charge in [0.25, 0.3) is 5.91 Å². The Morgan fingerprint density at radius 3 is 2.62 bits per heavy atom. The molecule has 1 aromatic carbocycles. The molecule has 154 valence electrons. The van der Waals surface area contributed by atoms with Crippen LogP contribution in [-0.4, -0.2) is 45.0 Å². The molecule has 12 heteroatoms. The molecule has 0 saturated carbocycles. The van der Waals surface area contributed by atoms with Crippen molar-refractivity contribution in [2.24, 2.45) is 0 Å². The molecule has 29 heavy (non-hydrogen) atoms. The quantitative estimate of drug-likeness (QED) is 0.360. The molecule has 2 heterocycles. The van der Waals surface area contributed by atoms with Crippen LogP contribution in [0.25, 0.3) is 0 Å². The summed E-state index contributed by atoms with van der Waals surface area (Å²) in [7, 11) is 0. The number of nitrogens with zero attached hydrogens (tertiary/aromatic N) is 3. The lowest BCUT2D eigenvalue weighted by Gasteiger charge is -2.18. The first-order chi connectivity index (χ1) is 13.7. The van der Waals surface area contributed by atoms with Gasteiger partial charge in [0.05, 0.1) is 0 Å². The number of hydrogen-bond donors (Lipinski definition) is 2. The van der Waals surface area contributed by atoms with Gasteiger partial charge in [-0.15, -0.1) is 10.2 Å². The molecule has 8 nitrogen and oxygen atoms in total. The second-order valence-corrected chi connectivity index (χ2v) is 9.43. The van der Waals surface area contributed by atoms with E-state index in [-0.39, 0.29) is 5.13 Å². The second-order valence-electron chi connectivity index (χ2n) is 6.42. The van der Waals surface area contributed by atoms with Gasteiger partial charge < -0.3 is 5.32 Å². The highest BCUT2D eigenvalue weighted by Gasteiger charge is 2.47. The Morgan fingerprint density at radius 2 is 2.00 bits per heavy atom. The summed E-state index contributed by atoms with van der Waals surface area (Å²) in [6.07, 6.45) is 0.433. The minimum absolute atomic E-state index is 0.271. The summed E-state index contributed by atoms with van der Waals surface area (Å²) in [5.41, 5.74) is -0.191. The first-order valence-corrected chi connectivity index (χ1v) is 11.1. The van der Waals surface area contributed by atoms with Crippen LogP contribution in [0.15, 0.2) is 22.5 Å². The van der Waals surface area contributed by atoms with E-state index < -0.39 is 29.9 Å². The summed E-state index contributed by atoms with van der Waals surface area (Å²) in [5.74, 6) is -0.458. The zero-order valence-corrected chi connectivity index (χ0v) is 18.6. The van der Waals surface area contributed by atoms with E-state index in [0.29, 0.717) is 26.6 Å². The van der Waals surface area contributed by atoms with Crippen molar-refractivity contribution in [3.63, 3.8) is 0 Å². The maximum absolute atomic E-state index is 12.3. The van der Waals surface area contributed by atoms with Crippen LogP contribution in [-0.2, 0) is 15.3 Å². The number of rotatable bonds is 7. The molecule has 0 bridgehead atoms. The lowest BCUT2D eigenvalue weighted by atomic mass is 9.99. The highest BCUT2D eigenvalue weighted by atomic mass is 35.5. The number of carbonyl (C=O) groups is 3. The molecule has 1 atom stereocenters. The van der Waals surface area contributed by atoms with Crippen molar-refractivity contribution in [2.75, 3.05) is 11.9 Å². The van der Waals surface area contributed by atoms with E-state index >= 15 is 0 Å². The average Bonchev–Trinajstić information content (AvgIpc) is 3.19. The number of amides is 4. The number of benzene rings is 1. The standard InChI is InChI=1S/C17H17Cl2N5O3S2/c1-3-17(2)13(26)24(15(27)21-17)7-12(25)20-14-22-23-16(29-14)28-8-9-10(18)5-4-6-11(9)19/h4-6H,3,7-8H2,1-2H3,(H,21,27)(H,20,22,25)/t17-/m0/s1. The van der Waals surface area contributed by atoms with Gasteiger partial charge in [-0.1, -0.05) is 59.3 Å². The number of anilines is 1. The van der Waals surface area contributed by atoms with E-state index in [1.165, 1.54) is 23.1 Å². The highest BCUT2D eigenvalue weighted by Crippen LogP contribution is 2.33. The largest absolute Gasteiger partial charge is 0.325 e. The van der Waals surface area contributed by atoms with Crippen LogP contribution in [0.1, 0.15) is 25.8 Å². The molecule has 0 spiro atoms. The van der Waals surface area contributed by atoms with Crippen LogP contribution in [0, 0.1) is 0 Å². The summed E-state index contributed by atoms with van der Waals surface area (Å²) in [4.78, 5) is 37.5. The minimum atomic E-state index is -0.982. The fraction of sp³-hybridized carbons (Fsp3) is 0.353. The maximum atomic E-state index is 12.3. The summed E-state index contributed by atoms with van der Waals surface area (Å²) >= 11 is 14.9. The van der Waals surface area contributed by atoms with Gasteiger partial charge in [-0.05, 0) is 31.0 Å². The third-order valence-corrected chi connectivity index (χ3v) is 7.12. The number of halogens is 2. The van der Waals surface area contributed by atoms with Crippen molar-refractivity contribution >= 4 is 69.3 Å². The smallest absolute Gasteiger partial charge is 0.323 e. The van der Waals surface area contributed by atoms with Crippen LogP contribution in [0.5, 0.6) is 0 Å². The van der Waals surface area contributed by atoms with Gasteiger partial charge in [-0.25, -0.2) is 4.79 Å². The number of imide groups is 1. The fourth-order valence-corrected chi connectivity index (χ4v) is 5.07. The molecule has 1 saturated heterocycles. The first kappa shape index (κ1) is 21.8. The molecular weight excluding hydrogens is 457 g/mol. The molecule has 1 fully saturated rings. The summed E-state index contributed by atoms with van der Waals surface area (Å²) in [6.45, 7) is 3.03. The summed E-state index contributed by atoms with van der Waals surface area (Å²) in [6, 6.07) is 4.70. The Morgan fingerprint density at radius 1 is 1.31 bits per heavy atom. The fourth-order valence-electron chi connectivity index (χ4n) is 2.56. The number of aromatic nitrogens is 2. The van der Waals surface area contributed by atoms with Crippen LogP contribution in [0.4, 0.5) is 9.93 Å². The zero-order valence-electron chi connectivity index (χ0n) is 15.5. The topological polar surface area (TPSA) is 104 Å².